The van der Waals surface area contributed by atoms with E-state index < -0.39 is 34.8 Å². The summed E-state index contributed by atoms with van der Waals surface area (Å²) in [6, 6.07) is -1.03. The van der Waals surface area contributed by atoms with E-state index in [0.717, 1.165) is 0 Å². The van der Waals surface area contributed by atoms with E-state index >= 15 is 0 Å². The van der Waals surface area contributed by atoms with Crippen LogP contribution >= 0.6 is 0 Å². The predicted octanol–water partition coefficient (Wildman–Crippen LogP) is 2.47. The maximum Gasteiger partial charge on any atom is 0.413 e. The SMILES string of the molecule is CC(C)(C)OC(=O)N1[C@H](C(=O)O)CO[C@]1(C)C(C)(C)C. The molecule has 6 nitrogen and oxygen atoms in total. The molecular formula is C14H25NO5. The summed E-state index contributed by atoms with van der Waals surface area (Å²) < 4.78 is 11.0. The van der Waals surface area contributed by atoms with Gasteiger partial charge < -0.3 is 14.6 Å². The molecule has 1 heterocycles. The van der Waals surface area contributed by atoms with Gasteiger partial charge in [-0.15, -0.1) is 0 Å². The van der Waals surface area contributed by atoms with Crippen LogP contribution in [0, 0.1) is 5.41 Å². The van der Waals surface area contributed by atoms with Crippen molar-refractivity contribution in [1.82, 2.24) is 4.90 Å². The second kappa shape index (κ2) is 4.91. The molecule has 0 spiro atoms. The third kappa shape index (κ3) is 3.06. The van der Waals surface area contributed by atoms with Crippen LogP contribution in [0.4, 0.5) is 4.79 Å². The van der Waals surface area contributed by atoms with Crippen LogP contribution in [0.3, 0.4) is 0 Å². The van der Waals surface area contributed by atoms with Crippen molar-refractivity contribution in [3.05, 3.63) is 0 Å². The summed E-state index contributed by atoms with van der Waals surface area (Å²) in [5.74, 6) is -1.09. The molecule has 0 saturated carbocycles. The molecule has 0 aromatic carbocycles. The van der Waals surface area contributed by atoms with E-state index in [-0.39, 0.29) is 6.61 Å². The molecule has 0 unspecified atom stereocenters. The van der Waals surface area contributed by atoms with Gasteiger partial charge in [-0.3, -0.25) is 4.90 Å². The fourth-order valence-corrected chi connectivity index (χ4v) is 2.05. The van der Waals surface area contributed by atoms with E-state index in [0.29, 0.717) is 0 Å². The van der Waals surface area contributed by atoms with Crippen LogP contribution in [0.2, 0.25) is 0 Å². The first-order valence-electron chi connectivity index (χ1n) is 6.69. The van der Waals surface area contributed by atoms with E-state index in [9.17, 15) is 14.7 Å². The van der Waals surface area contributed by atoms with Crippen molar-refractivity contribution < 1.29 is 24.2 Å². The number of ether oxygens (including phenoxy) is 2. The molecule has 1 aliphatic heterocycles. The molecular weight excluding hydrogens is 262 g/mol. The van der Waals surface area contributed by atoms with Crippen LogP contribution in [0.1, 0.15) is 48.5 Å². The van der Waals surface area contributed by atoms with E-state index in [1.54, 1.807) is 27.7 Å². The van der Waals surface area contributed by atoms with Gasteiger partial charge in [-0.05, 0) is 27.7 Å². The zero-order valence-corrected chi connectivity index (χ0v) is 13.3. The second-order valence-corrected chi connectivity index (χ2v) is 7.25. The summed E-state index contributed by atoms with van der Waals surface area (Å²) in [5.41, 5.74) is -2.17. The van der Waals surface area contributed by atoms with Gasteiger partial charge in [-0.1, -0.05) is 20.8 Å². The number of nitrogens with zero attached hydrogens (tertiary/aromatic N) is 1. The Labute approximate surface area is 120 Å². The highest BCUT2D eigenvalue weighted by Gasteiger charge is 2.57. The van der Waals surface area contributed by atoms with Crippen LogP contribution in [0.25, 0.3) is 0 Å². The topological polar surface area (TPSA) is 76.1 Å². The molecule has 1 aliphatic rings. The molecule has 1 saturated heterocycles. The highest BCUT2D eigenvalue weighted by Crippen LogP contribution is 2.42. The molecule has 0 aromatic rings. The van der Waals surface area contributed by atoms with Gasteiger partial charge >= 0.3 is 12.1 Å². The molecule has 1 fully saturated rings. The van der Waals surface area contributed by atoms with Crippen molar-refractivity contribution in [2.75, 3.05) is 6.61 Å². The van der Waals surface area contributed by atoms with E-state index in [1.165, 1.54) is 4.90 Å². The fourth-order valence-electron chi connectivity index (χ4n) is 2.05. The Hall–Kier alpha value is -1.30. The van der Waals surface area contributed by atoms with E-state index in [1.807, 2.05) is 20.8 Å². The van der Waals surface area contributed by atoms with Crippen molar-refractivity contribution in [3.63, 3.8) is 0 Å². The lowest BCUT2D eigenvalue weighted by atomic mass is 9.83. The van der Waals surface area contributed by atoms with Crippen LogP contribution in [0.5, 0.6) is 0 Å². The molecule has 2 atom stereocenters. The van der Waals surface area contributed by atoms with Gasteiger partial charge in [-0.2, -0.15) is 0 Å². The summed E-state index contributed by atoms with van der Waals surface area (Å²) >= 11 is 0. The number of amides is 1. The summed E-state index contributed by atoms with van der Waals surface area (Å²) in [6.45, 7) is 12.6. The summed E-state index contributed by atoms with van der Waals surface area (Å²) in [6.07, 6.45) is -0.667. The Bertz CT molecular complexity index is 407. The summed E-state index contributed by atoms with van der Waals surface area (Å²) in [4.78, 5) is 25.0. The molecule has 0 aromatic heterocycles. The highest BCUT2D eigenvalue weighted by molar-refractivity contribution is 5.81. The maximum absolute atomic E-state index is 12.4. The van der Waals surface area contributed by atoms with Crippen molar-refractivity contribution >= 4 is 12.1 Å². The number of aliphatic carboxylic acids is 1. The van der Waals surface area contributed by atoms with Crippen molar-refractivity contribution in [2.45, 2.75) is 65.8 Å². The second-order valence-electron chi connectivity index (χ2n) is 7.25. The highest BCUT2D eigenvalue weighted by atomic mass is 16.6. The summed E-state index contributed by atoms with van der Waals surface area (Å²) in [5, 5.41) is 9.30. The number of carboxylic acids is 1. The Morgan fingerprint density at radius 2 is 1.75 bits per heavy atom. The predicted molar refractivity (Wildman–Crippen MR) is 73.3 cm³/mol. The first-order valence-corrected chi connectivity index (χ1v) is 6.69. The van der Waals surface area contributed by atoms with Gasteiger partial charge in [0.05, 0.1) is 6.61 Å². The molecule has 1 N–H and O–H groups in total. The van der Waals surface area contributed by atoms with Crippen LogP contribution in [-0.4, -0.2) is 46.0 Å². The van der Waals surface area contributed by atoms with Crippen LogP contribution < -0.4 is 0 Å². The normalized spacial score (nSPS) is 27.6. The van der Waals surface area contributed by atoms with Crippen molar-refractivity contribution in [3.8, 4) is 0 Å². The van der Waals surface area contributed by atoms with Gasteiger partial charge in [0.15, 0.2) is 6.04 Å². The zero-order valence-electron chi connectivity index (χ0n) is 13.3. The lowest BCUT2D eigenvalue weighted by Crippen LogP contribution is -2.59. The Morgan fingerprint density at radius 3 is 2.10 bits per heavy atom. The third-order valence-corrected chi connectivity index (χ3v) is 3.56. The first-order chi connectivity index (χ1) is 8.79. The number of carboxylic acid groups (broad SMARTS) is 1. The fraction of sp³-hybridized carbons (Fsp3) is 0.857. The van der Waals surface area contributed by atoms with E-state index in [2.05, 4.69) is 0 Å². The quantitative estimate of drug-likeness (QED) is 0.801. The Kier molecular flexibility index (Phi) is 4.11. The minimum atomic E-state index is -1.09. The third-order valence-electron chi connectivity index (χ3n) is 3.56. The lowest BCUT2D eigenvalue weighted by molar-refractivity contribution is -0.152. The maximum atomic E-state index is 12.4. The first kappa shape index (κ1) is 16.8. The average molecular weight is 287 g/mol. The molecule has 6 heteroatoms. The Morgan fingerprint density at radius 1 is 1.25 bits per heavy atom. The minimum absolute atomic E-state index is 0.0393. The number of carbonyl (C=O) groups excluding carboxylic acids is 1. The minimum Gasteiger partial charge on any atom is -0.480 e. The standard InChI is InChI=1S/C14H25NO5/c1-12(2,3)14(7)15(9(8-19-14)10(16)17)11(18)20-13(4,5)6/h9H,8H2,1-7H3,(H,16,17)/t9-,14+/m0/s1. The summed E-state index contributed by atoms with van der Waals surface area (Å²) in [7, 11) is 0. The van der Waals surface area contributed by atoms with Crippen molar-refractivity contribution in [1.29, 1.82) is 0 Å². The number of carbonyl (C=O) groups is 2. The molecule has 1 amide bonds. The Balaban J connectivity index is 3.17. The lowest BCUT2D eigenvalue weighted by Gasteiger charge is -2.44. The molecule has 0 radical (unpaired) electrons. The van der Waals surface area contributed by atoms with Gasteiger partial charge in [0, 0.05) is 5.41 Å². The monoisotopic (exact) mass is 287 g/mol. The number of hydrogen-bond acceptors (Lipinski definition) is 4. The van der Waals surface area contributed by atoms with Gasteiger partial charge in [0.1, 0.15) is 11.3 Å². The van der Waals surface area contributed by atoms with E-state index in [4.69, 9.17) is 9.47 Å². The van der Waals surface area contributed by atoms with Crippen molar-refractivity contribution in [2.24, 2.45) is 5.41 Å². The molecule has 1 rings (SSSR count). The van der Waals surface area contributed by atoms with Crippen LogP contribution in [0.15, 0.2) is 0 Å². The average Bonchev–Trinajstić information content (AvgIpc) is 2.53. The van der Waals surface area contributed by atoms with Gasteiger partial charge in [0.2, 0.25) is 0 Å². The zero-order chi connectivity index (χ0) is 15.9. The molecule has 0 aliphatic carbocycles. The molecule has 0 bridgehead atoms. The largest absolute Gasteiger partial charge is 0.480 e. The number of rotatable bonds is 1. The molecule has 116 valence electrons. The van der Waals surface area contributed by atoms with Gasteiger partial charge in [-0.25, -0.2) is 9.59 Å². The van der Waals surface area contributed by atoms with Gasteiger partial charge in [0.25, 0.3) is 0 Å². The number of hydrogen-bond donors (Lipinski definition) is 1. The van der Waals surface area contributed by atoms with Crippen LogP contribution in [-0.2, 0) is 14.3 Å². The smallest absolute Gasteiger partial charge is 0.413 e. The molecule has 20 heavy (non-hydrogen) atoms.